The van der Waals surface area contributed by atoms with Crippen molar-refractivity contribution in [3.8, 4) is 0 Å². The molecule has 0 spiro atoms. The summed E-state index contributed by atoms with van der Waals surface area (Å²) < 4.78 is 6.14. The van der Waals surface area contributed by atoms with Crippen molar-refractivity contribution in [2.45, 2.75) is 138 Å². The molecule has 7 nitrogen and oxygen atoms in total. The van der Waals surface area contributed by atoms with E-state index in [-0.39, 0.29) is 57.7 Å². The average Bonchev–Trinajstić information content (AvgIpc) is 3.61. The van der Waals surface area contributed by atoms with Crippen LogP contribution in [0.15, 0.2) is 28.0 Å². The van der Waals surface area contributed by atoms with Crippen LogP contribution in [0.2, 0.25) is 0 Å². The molecule has 4 saturated carbocycles. The summed E-state index contributed by atoms with van der Waals surface area (Å²) in [6, 6.07) is 1.87. The molecule has 0 bridgehead atoms. The van der Waals surface area contributed by atoms with Crippen LogP contribution in [-0.4, -0.2) is 40.4 Å². The molecule has 0 radical (unpaired) electrons. The number of fused-ring (bicyclic) bond motifs is 7. The highest BCUT2D eigenvalue weighted by Crippen LogP contribution is 2.76. The third-order valence-electron chi connectivity index (χ3n) is 14.9. The number of aliphatic carboxylic acids is 1. The van der Waals surface area contributed by atoms with Crippen molar-refractivity contribution < 1.29 is 29.0 Å². The van der Waals surface area contributed by atoms with Gasteiger partial charge in [0.15, 0.2) is 5.78 Å². The fourth-order valence-electron chi connectivity index (χ4n) is 12.3. The molecule has 6 rings (SSSR count). The first-order valence-electron chi connectivity index (χ1n) is 18.3. The molecule has 48 heavy (non-hydrogen) atoms. The van der Waals surface area contributed by atoms with Crippen molar-refractivity contribution in [3.63, 3.8) is 0 Å². The molecule has 1 aromatic rings. The molecule has 1 aromatic heterocycles. The number of carboxylic acids is 1. The maximum absolute atomic E-state index is 13.9. The normalized spacial score (nSPS) is 38.8. The Morgan fingerprint density at radius 1 is 0.979 bits per heavy atom. The van der Waals surface area contributed by atoms with Crippen LogP contribution in [0.5, 0.6) is 0 Å². The number of rotatable bonds is 7. The molecular formula is C40H57NO6S. The molecule has 5 aliphatic rings. The zero-order chi connectivity index (χ0) is 35.2. The number of thiophene rings is 1. The third kappa shape index (κ3) is 5.07. The lowest BCUT2D eigenvalue weighted by Crippen LogP contribution is -2.67. The summed E-state index contributed by atoms with van der Waals surface area (Å²) in [6.45, 7) is 19.5. The molecule has 8 atom stereocenters. The lowest BCUT2D eigenvalue weighted by Gasteiger charge is -2.72. The van der Waals surface area contributed by atoms with E-state index >= 15 is 0 Å². The lowest BCUT2D eigenvalue weighted by molar-refractivity contribution is -0.232. The molecule has 1 amide bonds. The van der Waals surface area contributed by atoms with Gasteiger partial charge in [0.25, 0.3) is 5.91 Å². The van der Waals surface area contributed by atoms with Crippen molar-refractivity contribution >= 4 is 35.0 Å². The first-order valence-corrected chi connectivity index (χ1v) is 19.2. The molecule has 0 aliphatic heterocycles. The molecule has 1 heterocycles. The standard InChI is InChI=1S/C40H57NO6S/c1-23(2)31-26(42)20-40(41-33(44)24-14-19-48-22-24)18-17-38(8)25(32(31)40)10-11-28-37(7)15-13-29(47-30(43)21-35(3,4)34(45)46)36(5,6)27(37)12-16-39(28,38)9/h14,19,22-23,25,27-29H,10-13,15-18,20-21H2,1-9H3,(H,41,44)(H,45,46)/t25?,27?,28?,29-,37-,38+,39+,40+/m0/s1. The Kier molecular flexibility index (Phi) is 8.49. The van der Waals surface area contributed by atoms with Gasteiger partial charge in [0.1, 0.15) is 6.10 Å². The largest absolute Gasteiger partial charge is 0.481 e. The highest BCUT2D eigenvalue weighted by atomic mass is 32.1. The SMILES string of the molecule is CC(C)C1=C2C3CCC4[C@@]5(C)CC[C@H](OC(=O)CC(C)(C)C(=O)O)C(C)(C)C5CC[C@@]4(C)[C@]3(C)CC[C@@]2(NC(=O)c2ccsc2)CC1=O. The molecule has 8 heteroatoms. The Morgan fingerprint density at radius 2 is 1.69 bits per heavy atom. The highest BCUT2D eigenvalue weighted by molar-refractivity contribution is 7.08. The van der Waals surface area contributed by atoms with Crippen molar-refractivity contribution in [2.24, 2.45) is 50.7 Å². The van der Waals surface area contributed by atoms with E-state index in [0.29, 0.717) is 23.8 Å². The predicted octanol–water partition coefficient (Wildman–Crippen LogP) is 8.62. The summed E-state index contributed by atoms with van der Waals surface area (Å²) in [6.07, 6.45) is 7.71. The van der Waals surface area contributed by atoms with E-state index < -0.39 is 22.9 Å². The van der Waals surface area contributed by atoms with Gasteiger partial charge >= 0.3 is 11.9 Å². The van der Waals surface area contributed by atoms with Crippen LogP contribution in [0.1, 0.15) is 137 Å². The minimum atomic E-state index is -1.16. The maximum Gasteiger partial charge on any atom is 0.309 e. The number of carboxylic acid groups (broad SMARTS) is 1. The summed E-state index contributed by atoms with van der Waals surface area (Å²) in [5.74, 6) is -0.0825. The van der Waals surface area contributed by atoms with E-state index in [1.54, 1.807) is 13.8 Å². The summed E-state index contributed by atoms with van der Waals surface area (Å²) >= 11 is 1.52. The molecule has 5 aliphatic carbocycles. The van der Waals surface area contributed by atoms with Crippen LogP contribution in [0.3, 0.4) is 0 Å². The molecule has 264 valence electrons. The highest BCUT2D eigenvalue weighted by Gasteiger charge is 2.70. The minimum Gasteiger partial charge on any atom is -0.481 e. The Labute approximate surface area is 291 Å². The molecule has 2 N–H and O–H groups in total. The van der Waals surface area contributed by atoms with E-state index in [2.05, 4.69) is 53.8 Å². The smallest absolute Gasteiger partial charge is 0.309 e. The molecule has 0 saturated heterocycles. The van der Waals surface area contributed by atoms with E-state index in [9.17, 15) is 24.3 Å². The number of allylic oxidation sites excluding steroid dienone is 1. The number of nitrogens with one attached hydrogen (secondary N) is 1. The predicted molar refractivity (Wildman–Crippen MR) is 187 cm³/mol. The van der Waals surface area contributed by atoms with Gasteiger partial charge in [-0.05, 0) is 128 Å². The minimum absolute atomic E-state index is 0.0174. The van der Waals surface area contributed by atoms with Crippen LogP contribution in [-0.2, 0) is 19.1 Å². The summed E-state index contributed by atoms with van der Waals surface area (Å²) in [5, 5.41) is 16.9. The second-order valence-corrected chi connectivity index (χ2v) is 19.2. The number of carbonyl (C=O) groups excluding carboxylic acids is 3. The van der Waals surface area contributed by atoms with E-state index in [4.69, 9.17) is 4.74 Å². The van der Waals surface area contributed by atoms with Crippen LogP contribution >= 0.6 is 11.3 Å². The zero-order valence-corrected chi connectivity index (χ0v) is 31.4. The summed E-state index contributed by atoms with van der Waals surface area (Å²) in [4.78, 5) is 52.2. The third-order valence-corrected chi connectivity index (χ3v) is 15.6. The quantitative estimate of drug-likeness (QED) is 0.279. The number of ether oxygens (including phenoxy) is 1. The number of hydrogen-bond donors (Lipinski definition) is 2. The van der Waals surface area contributed by atoms with Gasteiger partial charge < -0.3 is 15.2 Å². The van der Waals surface area contributed by atoms with Gasteiger partial charge in [-0.3, -0.25) is 19.2 Å². The van der Waals surface area contributed by atoms with Gasteiger partial charge in [0, 0.05) is 17.2 Å². The molecule has 4 fully saturated rings. The maximum atomic E-state index is 13.9. The number of carbonyl (C=O) groups is 4. The second-order valence-electron chi connectivity index (χ2n) is 18.4. The second kappa shape index (κ2) is 11.5. The summed E-state index contributed by atoms with van der Waals surface area (Å²) in [5.41, 5.74) is 0.967. The van der Waals surface area contributed by atoms with E-state index in [0.717, 1.165) is 56.9 Å². The van der Waals surface area contributed by atoms with E-state index in [1.807, 2.05) is 16.8 Å². The van der Waals surface area contributed by atoms with Gasteiger partial charge in [-0.25, -0.2) is 0 Å². The van der Waals surface area contributed by atoms with Crippen molar-refractivity contribution in [1.29, 1.82) is 0 Å². The molecule has 0 aromatic carbocycles. The fourth-order valence-corrected chi connectivity index (χ4v) is 12.9. The lowest BCUT2D eigenvalue weighted by atomic mass is 9.33. The Bertz CT molecular complexity index is 1540. The van der Waals surface area contributed by atoms with Gasteiger partial charge in [-0.2, -0.15) is 11.3 Å². The van der Waals surface area contributed by atoms with Crippen LogP contribution in [0, 0.1) is 50.7 Å². The van der Waals surface area contributed by atoms with Gasteiger partial charge in [0.05, 0.1) is 22.9 Å². The zero-order valence-electron chi connectivity index (χ0n) is 30.6. The first kappa shape index (κ1) is 35.3. The average molecular weight is 680 g/mol. The number of ketones is 1. The van der Waals surface area contributed by atoms with Gasteiger partial charge in [-0.15, -0.1) is 0 Å². The van der Waals surface area contributed by atoms with Crippen LogP contribution in [0.4, 0.5) is 0 Å². The fraction of sp³-hybridized carbons (Fsp3) is 0.750. The first-order chi connectivity index (χ1) is 22.2. The van der Waals surface area contributed by atoms with Gasteiger partial charge in [-0.1, -0.05) is 48.5 Å². The Balaban J connectivity index is 1.30. The topological polar surface area (TPSA) is 110 Å². The van der Waals surface area contributed by atoms with Crippen molar-refractivity contribution in [2.75, 3.05) is 0 Å². The van der Waals surface area contributed by atoms with Crippen molar-refractivity contribution in [3.05, 3.63) is 33.5 Å². The van der Waals surface area contributed by atoms with E-state index in [1.165, 1.54) is 16.9 Å². The molecule has 3 unspecified atom stereocenters. The number of amides is 1. The van der Waals surface area contributed by atoms with Crippen molar-refractivity contribution in [1.82, 2.24) is 5.32 Å². The van der Waals surface area contributed by atoms with Crippen LogP contribution in [0.25, 0.3) is 0 Å². The monoisotopic (exact) mass is 679 g/mol. The van der Waals surface area contributed by atoms with Crippen LogP contribution < -0.4 is 5.32 Å². The Morgan fingerprint density at radius 3 is 2.31 bits per heavy atom. The number of hydrogen-bond acceptors (Lipinski definition) is 6. The summed E-state index contributed by atoms with van der Waals surface area (Å²) in [7, 11) is 0. The van der Waals surface area contributed by atoms with Gasteiger partial charge in [0.2, 0.25) is 0 Å². The number of Topliss-reactive ketones (excluding diaryl/α,β-unsaturated/α-hetero) is 1. The molecular weight excluding hydrogens is 623 g/mol. The number of esters is 1. The Hall–Kier alpha value is -2.48.